The highest BCUT2D eigenvalue weighted by Crippen LogP contribution is 2.24. The van der Waals surface area contributed by atoms with E-state index in [2.05, 4.69) is 4.90 Å². The second kappa shape index (κ2) is 7.42. The molecule has 0 unspecified atom stereocenters. The zero-order valence-electron chi connectivity index (χ0n) is 15.3. The van der Waals surface area contributed by atoms with E-state index in [1.54, 1.807) is 41.3 Å². The summed E-state index contributed by atoms with van der Waals surface area (Å²) in [4.78, 5) is 41.8. The van der Waals surface area contributed by atoms with Crippen LogP contribution in [0.2, 0.25) is 0 Å². The first kappa shape index (κ1) is 18.2. The van der Waals surface area contributed by atoms with E-state index >= 15 is 0 Å². The standard InChI is InChI=1S/C21H20FN3O3/c22-16-4-6-17(7-5-16)23-10-12-24(13-11-23)21(28)15-2-1-3-18(14-15)25-19(26)8-9-20(25)27/h1-7,14H,8-13H2. The zero-order chi connectivity index (χ0) is 19.7. The third-order valence-corrected chi connectivity index (χ3v) is 5.16. The molecule has 2 aliphatic rings. The van der Waals surface area contributed by atoms with Gasteiger partial charge in [0, 0.05) is 50.3 Å². The lowest BCUT2D eigenvalue weighted by atomic mass is 10.1. The molecule has 0 bridgehead atoms. The van der Waals surface area contributed by atoms with Crippen molar-refractivity contribution in [3.8, 4) is 0 Å². The number of halogens is 1. The van der Waals surface area contributed by atoms with Crippen molar-refractivity contribution in [2.45, 2.75) is 12.8 Å². The smallest absolute Gasteiger partial charge is 0.254 e. The fourth-order valence-corrected chi connectivity index (χ4v) is 3.64. The van der Waals surface area contributed by atoms with Crippen LogP contribution in [0.1, 0.15) is 23.2 Å². The van der Waals surface area contributed by atoms with E-state index < -0.39 is 0 Å². The molecule has 2 aromatic carbocycles. The Balaban J connectivity index is 1.44. The van der Waals surface area contributed by atoms with Crippen molar-refractivity contribution in [2.75, 3.05) is 36.0 Å². The molecule has 2 aliphatic heterocycles. The van der Waals surface area contributed by atoms with Crippen molar-refractivity contribution < 1.29 is 18.8 Å². The maximum atomic E-state index is 13.1. The highest BCUT2D eigenvalue weighted by molar-refractivity contribution is 6.20. The summed E-state index contributed by atoms with van der Waals surface area (Å²) in [5, 5.41) is 0. The summed E-state index contributed by atoms with van der Waals surface area (Å²) < 4.78 is 13.1. The number of imide groups is 1. The summed E-state index contributed by atoms with van der Waals surface area (Å²) in [5.41, 5.74) is 1.84. The molecular formula is C21H20FN3O3. The first-order chi connectivity index (χ1) is 13.5. The second-order valence-electron chi connectivity index (χ2n) is 6.93. The van der Waals surface area contributed by atoms with Gasteiger partial charge in [-0.3, -0.25) is 19.3 Å². The lowest BCUT2D eigenvalue weighted by molar-refractivity contribution is -0.121. The molecule has 4 rings (SSSR count). The Labute approximate surface area is 162 Å². The summed E-state index contributed by atoms with van der Waals surface area (Å²) in [6, 6.07) is 13.0. The molecular weight excluding hydrogens is 361 g/mol. The predicted molar refractivity (Wildman–Crippen MR) is 103 cm³/mol. The van der Waals surface area contributed by atoms with Gasteiger partial charge in [-0.2, -0.15) is 0 Å². The quantitative estimate of drug-likeness (QED) is 0.767. The van der Waals surface area contributed by atoms with Gasteiger partial charge in [-0.05, 0) is 42.5 Å². The number of carbonyl (C=O) groups is 3. The summed E-state index contributed by atoms with van der Waals surface area (Å²) in [7, 11) is 0. The summed E-state index contributed by atoms with van der Waals surface area (Å²) >= 11 is 0. The Kier molecular flexibility index (Phi) is 4.81. The molecule has 0 aromatic heterocycles. The molecule has 3 amide bonds. The van der Waals surface area contributed by atoms with Crippen molar-refractivity contribution in [1.29, 1.82) is 0 Å². The summed E-state index contributed by atoms with van der Waals surface area (Å²) in [6.45, 7) is 2.39. The molecule has 2 heterocycles. The van der Waals surface area contributed by atoms with E-state index in [4.69, 9.17) is 0 Å². The topological polar surface area (TPSA) is 60.9 Å². The normalized spacial score (nSPS) is 17.4. The number of carbonyl (C=O) groups excluding carboxylic acids is 3. The first-order valence-corrected chi connectivity index (χ1v) is 9.28. The Morgan fingerprint density at radius 2 is 1.46 bits per heavy atom. The number of rotatable bonds is 3. The maximum absolute atomic E-state index is 13.1. The molecule has 28 heavy (non-hydrogen) atoms. The van der Waals surface area contributed by atoms with E-state index in [1.165, 1.54) is 12.1 Å². The van der Waals surface area contributed by atoms with Gasteiger partial charge in [-0.15, -0.1) is 0 Å². The minimum Gasteiger partial charge on any atom is -0.368 e. The monoisotopic (exact) mass is 381 g/mol. The fourth-order valence-electron chi connectivity index (χ4n) is 3.64. The van der Waals surface area contributed by atoms with Crippen molar-refractivity contribution in [2.24, 2.45) is 0 Å². The average Bonchev–Trinajstić information content (AvgIpc) is 3.06. The van der Waals surface area contributed by atoms with Crippen LogP contribution in [0.5, 0.6) is 0 Å². The van der Waals surface area contributed by atoms with Crippen LogP contribution in [0, 0.1) is 5.82 Å². The van der Waals surface area contributed by atoms with Crippen LogP contribution in [0.3, 0.4) is 0 Å². The number of piperazine rings is 1. The fraction of sp³-hybridized carbons (Fsp3) is 0.286. The zero-order valence-corrected chi connectivity index (χ0v) is 15.3. The van der Waals surface area contributed by atoms with Crippen molar-refractivity contribution in [1.82, 2.24) is 4.90 Å². The number of anilines is 2. The number of amides is 3. The molecule has 7 heteroatoms. The van der Waals surface area contributed by atoms with Gasteiger partial charge in [-0.1, -0.05) is 6.07 Å². The van der Waals surface area contributed by atoms with Gasteiger partial charge < -0.3 is 9.80 Å². The molecule has 0 N–H and O–H groups in total. The van der Waals surface area contributed by atoms with Gasteiger partial charge in [0.25, 0.3) is 5.91 Å². The second-order valence-corrected chi connectivity index (χ2v) is 6.93. The van der Waals surface area contributed by atoms with E-state index in [9.17, 15) is 18.8 Å². The Hall–Kier alpha value is -3.22. The molecule has 2 aromatic rings. The molecule has 0 atom stereocenters. The van der Waals surface area contributed by atoms with Crippen molar-refractivity contribution in [3.05, 3.63) is 59.9 Å². The van der Waals surface area contributed by atoms with Gasteiger partial charge in [0.05, 0.1) is 5.69 Å². The van der Waals surface area contributed by atoms with Crippen LogP contribution in [0.25, 0.3) is 0 Å². The van der Waals surface area contributed by atoms with Crippen LogP contribution in [0.15, 0.2) is 48.5 Å². The van der Waals surface area contributed by atoms with Crippen LogP contribution in [-0.4, -0.2) is 48.8 Å². The minimum absolute atomic E-state index is 0.125. The maximum Gasteiger partial charge on any atom is 0.254 e. The van der Waals surface area contributed by atoms with E-state index in [-0.39, 0.29) is 36.4 Å². The van der Waals surface area contributed by atoms with Gasteiger partial charge >= 0.3 is 0 Å². The number of benzene rings is 2. The molecule has 144 valence electrons. The van der Waals surface area contributed by atoms with Crippen LogP contribution < -0.4 is 9.80 Å². The molecule has 0 aliphatic carbocycles. The third-order valence-electron chi connectivity index (χ3n) is 5.16. The largest absolute Gasteiger partial charge is 0.368 e. The van der Waals surface area contributed by atoms with Gasteiger partial charge in [-0.25, -0.2) is 4.39 Å². The third kappa shape index (κ3) is 3.47. The molecule has 2 fully saturated rings. The van der Waals surface area contributed by atoms with Crippen LogP contribution in [-0.2, 0) is 9.59 Å². The highest BCUT2D eigenvalue weighted by Gasteiger charge is 2.31. The lowest BCUT2D eigenvalue weighted by Gasteiger charge is -2.36. The molecule has 0 radical (unpaired) electrons. The highest BCUT2D eigenvalue weighted by atomic mass is 19.1. The van der Waals surface area contributed by atoms with Gasteiger partial charge in [0.2, 0.25) is 11.8 Å². The van der Waals surface area contributed by atoms with Crippen LogP contribution >= 0.6 is 0 Å². The molecule has 0 spiro atoms. The average molecular weight is 381 g/mol. The Morgan fingerprint density at radius 1 is 0.821 bits per heavy atom. The number of hydrogen-bond acceptors (Lipinski definition) is 4. The van der Waals surface area contributed by atoms with Gasteiger partial charge in [0.1, 0.15) is 5.82 Å². The van der Waals surface area contributed by atoms with E-state index in [0.717, 1.165) is 10.6 Å². The number of nitrogens with zero attached hydrogens (tertiary/aromatic N) is 3. The Morgan fingerprint density at radius 3 is 2.11 bits per heavy atom. The molecule has 6 nitrogen and oxygen atoms in total. The minimum atomic E-state index is -0.271. The first-order valence-electron chi connectivity index (χ1n) is 9.28. The SMILES string of the molecule is O=C(c1cccc(N2C(=O)CCC2=O)c1)N1CCN(c2ccc(F)cc2)CC1. The lowest BCUT2D eigenvalue weighted by Crippen LogP contribution is -2.48. The summed E-state index contributed by atoms with van der Waals surface area (Å²) in [6.07, 6.45) is 0.421. The van der Waals surface area contributed by atoms with Crippen LogP contribution in [0.4, 0.5) is 15.8 Å². The number of hydrogen-bond donors (Lipinski definition) is 0. The predicted octanol–water partition coefficient (Wildman–Crippen LogP) is 2.44. The Bertz CT molecular complexity index is 905. The molecule has 2 saturated heterocycles. The van der Waals surface area contributed by atoms with Crippen molar-refractivity contribution in [3.63, 3.8) is 0 Å². The molecule has 0 saturated carbocycles. The van der Waals surface area contributed by atoms with Gasteiger partial charge in [0.15, 0.2) is 0 Å². The van der Waals surface area contributed by atoms with E-state index in [0.29, 0.717) is 37.4 Å². The summed E-state index contributed by atoms with van der Waals surface area (Å²) in [5.74, 6) is -0.864. The van der Waals surface area contributed by atoms with Crippen molar-refractivity contribution >= 4 is 29.1 Å². The van der Waals surface area contributed by atoms with E-state index in [1.807, 2.05) is 0 Å².